The van der Waals surface area contributed by atoms with E-state index in [1.54, 1.807) is 12.1 Å². The van der Waals surface area contributed by atoms with Crippen molar-refractivity contribution in [1.82, 2.24) is 0 Å². The van der Waals surface area contributed by atoms with Crippen molar-refractivity contribution in [3.63, 3.8) is 0 Å². The zero-order valence-corrected chi connectivity index (χ0v) is 7.86. The van der Waals surface area contributed by atoms with Crippen molar-refractivity contribution in [1.29, 1.82) is 0 Å². The number of thioether (sulfide) groups is 1. The number of benzene rings is 1. The number of halogens is 3. The second kappa shape index (κ2) is 4.68. The summed E-state index contributed by atoms with van der Waals surface area (Å²) in [5.41, 5.74) is -3.86. The Morgan fingerprint density at radius 3 is 2.50 bits per heavy atom. The molecular formula is C8H8F3NOS. The molecule has 0 aliphatic heterocycles. The Labute approximate surface area is 83.2 Å². The monoisotopic (exact) mass is 223 g/mol. The predicted molar refractivity (Wildman–Crippen MR) is 47.3 cm³/mol. The fraction of sp³-hybridized carbons (Fsp3) is 0.250. The average molecular weight is 223 g/mol. The predicted octanol–water partition coefficient (Wildman–Crippen LogP) is 2.69. The van der Waals surface area contributed by atoms with Crippen LogP contribution in [0.5, 0.6) is 0 Å². The summed E-state index contributed by atoms with van der Waals surface area (Å²) in [4.78, 5) is 4.42. The maximum absolute atomic E-state index is 12.1. The molecule has 1 rings (SSSR count). The molecule has 0 radical (unpaired) electrons. The van der Waals surface area contributed by atoms with E-state index in [0.717, 1.165) is 0 Å². The van der Waals surface area contributed by atoms with E-state index >= 15 is 0 Å². The van der Waals surface area contributed by atoms with E-state index in [-0.39, 0.29) is 23.3 Å². The minimum atomic E-state index is -4.29. The molecule has 2 N–H and O–H groups in total. The molecular weight excluding hydrogens is 215 g/mol. The Balaban J connectivity index is 2.84. The van der Waals surface area contributed by atoms with E-state index in [4.69, 9.17) is 5.90 Å². The summed E-state index contributed by atoms with van der Waals surface area (Å²) in [6.45, 7) is -0.0285. The Morgan fingerprint density at radius 2 is 1.93 bits per heavy atom. The van der Waals surface area contributed by atoms with Gasteiger partial charge in [0.05, 0.1) is 6.61 Å². The third-order valence-electron chi connectivity index (χ3n) is 1.44. The maximum Gasteiger partial charge on any atom is 0.446 e. The highest BCUT2D eigenvalue weighted by Gasteiger charge is 2.30. The van der Waals surface area contributed by atoms with Crippen molar-refractivity contribution in [2.75, 3.05) is 0 Å². The molecule has 0 saturated carbocycles. The molecule has 0 aromatic heterocycles. The first-order chi connectivity index (χ1) is 6.53. The standard InChI is InChI=1S/C8H8F3NOS/c9-8(10,11)14-7-4-2-1-3-6(7)5-13-12/h1-4H,5,12H2. The highest BCUT2D eigenvalue weighted by atomic mass is 32.2. The molecule has 0 heterocycles. The molecule has 14 heavy (non-hydrogen) atoms. The van der Waals surface area contributed by atoms with Gasteiger partial charge >= 0.3 is 5.51 Å². The van der Waals surface area contributed by atoms with Crippen LogP contribution in [0.1, 0.15) is 5.56 Å². The van der Waals surface area contributed by atoms with Gasteiger partial charge in [0, 0.05) is 4.90 Å². The zero-order valence-electron chi connectivity index (χ0n) is 7.04. The molecule has 0 fully saturated rings. The van der Waals surface area contributed by atoms with Crippen LogP contribution in [0.2, 0.25) is 0 Å². The van der Waals surface area contributed by atoms with Crippen LogP contribution in [0.25, 0.3) is 0 Å². The molecule has 0 aliphatic carbocycles. The van der Waals surface area contributed by atoms with E-state index in [9.17, 15) is 13.2 Å². The highest BCUT2D eigenvalue weighted by molar-refractivity contribution is 8.00. The first kappa shape index (κ1) is 11.4. The lowest BCUT2D eigenvalue weighted by Crippen LogP contribution is -2.04. The molecule has 0 atom stereocenters. The van der Waals surface area contributed by atoms with Crippen LogP contribution >= 0.6 is 11.8 Å². The molecule has 78 valence electrons. The summed E-state index contributed by atoms with van der Waals surface area (Å²) in [7, 11) is 0. The van der Waals surface area contributed by atoms with Crippen LogP contribution in [-0.2, 0) is 11.4 Å². The van der Waals surface area contributed by atoms with Gasteiger partial charge in [-0.1, -0.05) is 18.2 Å². The molecule has 0 spiro atoms. The van der Waals surface area contributed by atoms with Gasteiger partial charge < -0.3 is 0 Å². The number of alkyl halides is 3. The van der Waals surface area contributed by atoms with Gasteiger partial charge in [-0.25, -0.2) is 5.90 Å². The molecule has 0 aliphatic rings. The Bertz CT molecular complexity index is 303. The van der Waals surface area contributed by atoms with Crippen molar-refractivity contribution in [2.45, 2.75) is 17.0 Å². The van der Waals surface area contributed by atoms with E-state index < -0.39 is 5.51 Å². The Morgan fingerprint density at radius 1 is 1.29 bits per heavy atom. The van der Waals surface area contributed by atoms with Crippen molar-refractivity contribution in [2.24, 2.45) is 5.90 Å². The van der Waals surface area contributed by atoms with E-state index in [1.165, 1.54) is 12.1 Å². The maximum atomic E-state index is 12.1. The first-order valence-corrected chi connectivity index (χ1v) is 4.50. The lowest BCUT2D eigenvalue weighted by atomic mass is 10.2. The summed E-state index contributed by atoms with van der Waals surface area (Å²) in [6, 6.07) is 6.09. The van der Waals surface area contributed by atoms with Gasteiger partial charge in [0.1, 0.15) is 0 Å². The fourth-order valence-corrected chi connectivity index (χ4v) is 1.59. The molecule has 0 saturated heterocycles. The van der Waals surface area contributed by atoms with Gasteiger partial charge in [0.2, 0.25) is 0 Å². The van der Waals surface area contributed by atoms with Gasteiger partial charge in [-0.15, -0.1) is 0 Å². The topological polar surface area (TPSA) is 35.2 Å². The highest BCUT2D eigenvalue weighted by Crippen LogP contribution is 2.38. The lowest BCUT2D eigenvalue weighted by Gasteiger charge is -2.09. The summed E-state index contributed by atoms with van der Waals surface area (Å²) >= 11 is -0.168. The van der Waals surface area contributed by atoms with Crippen molar-refractivity contribution in [3.05, 3.63) is 29.8 Å². The van der Waals surface area contributed by atoms with Gasteiger partial charge in [-0.05, 0) is 23.4 Å². The van der Waals surface area contributed by atoms with Gasteiger partial charge in [-0.3, -0.25) is 4.84 Å². The Hall–Kier alpha value is -0.720. The molecule has 0 bridgehead atoms. The SMILES string of the molecule is NOCc1ccccc1SC(F)(F)F. The quantitative estimate of drug-likeness (QED) is 0.632. The van der Waals surface area contributed by atoms with E-state index in [1.807, 2.05) is 0 Å². The Kier molecular flexibility index (Phi) is 3.79. The molecule has 2 nitrogen and oxygen atoms in total. The van der Waals surface area contributed by atoms with Crippen LogP contribution < -0.4 is 5.90 Å². The van der Waals surface area contributed by atoms with Gasteiger partial charge in [0.15, 0.2) is 0 Å². The minimum Gasteiger partial charge on any atom is -0.300 e. The van der Waals surface area contributed by atoms with E-state index in [0.29, 0.717) is 5.56 Å². The third-order valence-corrected chi connectivity index (χ3v) is 2.29. The van der Waals surface area contributed by atoms with E-state index in [2.05, 4.69) is 4.84 Å². The molecule has 6 heteroatoms. The number of nitrogens with two attached hydrogens (primary N) is 1. The van der Waals surface area contributed by atoms with Crippen molar-refractivity contribution < 1.29 is 18.0 Å². The molecule has 0 amide bonds. The molecule has 1 aromatic rings. The number of hydrogen-bond acceptors (Lipinski definition) is 3. The van der Waals surface area contributed by atoms with Crippen LogP contribution in [0.15, 0.2) is 29.2 Å². The third kappa shape index (κ3) is 3.57. The largest absolute Gasteiger partial charge is 0.446 e. The minimum absolute atomic E-state index is 0.0285. The smallest absolute Gasteiger partial charge is 0.300 e. The van der Waals surface area contributed by atoms with Crippen molar-refractivity contribution >= 4 is 11.8 Å². The van der Waals surface area contributed by atoms with Crippen LogP contribution in [0.3, 0.4) is 0 Å². The van der Waals surface area contributed by atoms with Crippen LogP contribution in [0, 0.1) is 0 Å². The van der Waals surface area contributed by atoms with Gasteiger partial charge in [0.25, 0.3) is 0 Å². The molecule has 0 unspecified atom stereocenters. The second-order valence-electron chi connectivity index (χ2n) is 2.47. The lowest BCUT2D eigenvalue weighted by molar-refractivity contribution is -0.0328. The van der Waals surface area contributed by atoms with Crippen LogP contribution in [-0.4, -0.2) is 5.51 Å². The summed E-state index contributed by atoms with van der Waals surface area (Å²) in [6.07, 6.45) is 0. The molecule has 1 aromatic carbocycles. The average Bonchev–Trinajstić information content (AvgIpc) is 2.06. The number of rotatable bonds is 3. The van der Waals surface area contributed by atoms with Crippen LogP contribution in [0.4, 0.5) is 13.2 Å². The summed E-state index contributed by atoms with van der Waals surface area (Å²) in [5.74, 6) is 4.80. The number of hydrogen-bond donors (Lipinski definition) is 1. The zero-order chi connectivity index (χ0) is 10.6. The first-order valence-electron chi connectivity index (χ1n) is 3.68. The van der Waals surface area contributed by atoms with Crippen molar-refractivity contribution in [3.8, 4) is 0 Å². The summed E-state index contributed by atoms with van der Waals surface area (Å²) in [5, 5.41) is 0. The fourth-order valence-electron chi connectivity index (χ4n) is 0.937. The normalized spacial score (nSPS) is 11.7. The summed E-state index contributed by atoms with van der Waals surface area (Å²) < 4.78 is 36.2. The van der Waals surface area contributed by atoms with Gasteiger partial charge in [-0.2, -0.15) is 13.2 Å². The second-order valence-corrected chi connectivity index (χ2v) is 3.57.